The molecule has 0 bridgehead atoms. The molecule has 1 aromatic carbocycles. The van der Waals surface area contributed by atoms with Crippen molar-refractivity contribution in [1.82, 2.24) is 9.47 Å². The second-order valence-electron chi connectivity index (χ2n) is 5.43. The second kappa shape index (κ2) is 5.29. The van der Waals surface area contributed by atoms with E-state index in [0.29, 0.717) is 5.56 Å². The molecular weight excluding hydrogens is 252 g/mol. The summed E-state index contributed by atoms with van der Waals surface area (Å²) in [5.41, 5.74) is 2.59. The number of aromatic carboxylic acids is 1. The Morgan fingerprint density at radius 3 is 2.70 bits per heavy atom. The van der Waals surface area contributed by atoms with Crippen LogP contribution in [-0.2, 0) is 13.1 Å². The number of carbonyl (C=O) groups is 1. The Morgan fingerprint density at radius 2 is 2.05 bits per heavy atom. The van der Waals surface area contributed by atoms with Gasteiger partial charge in [-0.2, -0.15) is 0 Å². The van der Waals surface area contributed by atoms with Crippen molar-refractivity contribution >= 4 is 16.9 Å². The van der Waals surface area contributed by atoms with E-state index in [2.05, 4.69) is 22.6 Å². The highest BCUT2D eigenvalue weighted by Gasteiger charge is 2.19. The molecule has 0 amide bonds. The van der Waals surface area contributed by atoms with Crippen molar-refractivity contribution in [2.45, 2.75) is 32.9 Å². The van der Waals surface area contributed by atoms with Crippen LogP contribution in [0.15, 0.2) is 24.4 Å². The van der Waals surface area contributed by atoms with Gasteiger partial charge in [0.25, 0.3) is 0 Å². The summed E-state index contributed by atoms with van der Waals surface area (Å²) in [4.78, 5) is 13.9. The van der Waals surface area contributed by atoms with Gasteiger partial charge in [0.05, 0.1) is 5.56 Å². The monoisotopic (exact) mass is 272 g/mol. The van der Waals surface area contributed by atoms with Gasteiger partial charge in [-0.3, -0.25) is 4.90 Å². The van der Waals surface area contributed by atoms with Gasteiger partial charge in [-0.1, -0.05) is 6.07 Å². The third kappa shape index (κ3) is 2.20. The average Bonchev–Trinajstić information content (AvgIpc) is 3.07. The van der Waals surface area contributed by atoms with E-state index in [4.69, 9.17) is 0 Å². The third-order valence-electron chi connectivity index (χ3n) is 4.15. The molecule has 0 spiro atoms. The average molecular weight is 272 g/mol. The molecule has 0 saturated carbocycles. The fourth-order valence-corrected chi connectivity index (χ4v) is 3.18. The first-order valence-electron chi connectivity index (χ1n) is 7.27. The molecule has 2 heterocycles. The lowest BCUT2D eigenvalue weighted by molar-refractivity contribution is 0.0699. The van der Waals surface area contributed by atoms with Crippen LogP contribution in [0.25, 0.3) is 10.9 Å². The van der Waals surface area contributed by atoms with E-state index in [9.17, 15) is 9.90 Å². The zero-order valence-corrected chi connectivity index (χ0v) is 11.8. The van der Waals surface area contributed by atoms with Crippen molar-refractivity contribution in [2.75, 3.05) is 13.1 Å². The fourth-order valence-electron chi connectivity index (χ4n) is 3.18. The molecule has 2 aromatic rings. The second-order valence-corrected chi connectivity index (χ2v) is 5.43. The third-order valence-corrected chi connectivity index (χ3v) is 4.15. The molecule has 3 rings (SSSR count). The van der Waals surface area contributed by atoms with Crippen LogP contribution in [0.4, 0.5) is 0 Å². The summed E-state index contributed by atoms with van der Waals surface area (Å²) in [6.07, 6.45) is 4.62. The molecular formula is C16H20N2O2. The van der Waals surface area contributed by atoms with Gasteiger partial charge < -0.3 is 9.67 Å². The number of nitrogens with zero attached hydrogens (tertiary/aromatic N) is 2. The topological polar surface area (TPSA) is 45.5 Å². The molecule has 4 heteroatoms. The van der Waals surface area contributed by atoms with E-state index < -0.39 is 5.97 Å². The first-order chi connectivity index (χ1) is 9.70. The maximum absolute atomic E-state index is 11.5. The Bertz CT molecular complexity index is 639. The number of aromatic nitrogens is 1. The number of carboxylic acid groups (broad SMARTS) is 1. The van der Waals surface area contributed by atoms with E-state index >= 15 is 0 Å². The number of benzene rings is 1. The maximum Gasteiger partial charge on any atom is 0.336 e. The van der Waals surface area contributed by atoms with Gasteiger partial charge in [-0.15, -0.1) is 0 Å². The first-order valence-corrected chi connectivity index (χ1v) is 7.27. The van der Waals surface area contributed by atoms with Gasteiger partial charge in [-0.25, -0.2) is 4.79 Å². The molecule has 4 nitrogen and oxygen atoms in total. The van der Waals surface area contributed by atoms with Crippen LogP contribution in [0.2, 0.25) is 0 Å². The summed E-state index contributed by atoms with van der Waals surface area (Å²) < 4.78 is 2.15. The van der Waals surface area contributed by atoms with Crippen LogP contribution in [0.5, 0.6) is 0 Å². The van der Waals surface area contributed by atoms with Crippen LogP contribution >= 0.6 is 0 Å². The van der Waals surface area contributed by atoms with Crippen molar-refractivity contribution in [3.8, 4) is 0 Å². The minimum absolute atomic E-state index is 0.420. The van der Waals surface area contributed by atoms with E-state index in [0.717, 1.165) is 42.6 Å². The number of aryl methyl sites for hydroxylation is 1. The smallest absolute Gasteiger partial charge is 0.336 e. The van der Waals surface area contributed by atoms with Crippen LogP contribution in [-0.4, -0.2) is 33.6 Å². The molecule has 1 aromatic heterocycles. The lowest BCUT2D eigenvalue weighted by atomic mass is 10.1. The summed E-state index contributed by atoms with van der Waals surface area (Å²) >= 11 is 0. The van der Waals surface area contributed by atoms with Crippen LogP contribution in [0.1, 0.15) is 35.7 Å². The predicted molar refractivity (Wildman–Crippen MR) is 79.1 cm³/mol. The van der Waals surface area contributed by atoms with Crippen LogP contribution in [0.3, 0.4) is 0 Å². The highest BCUT2D eigenvalue weighted by Crippen LogP contribution is 2.27. The van der Waals surface area contributed by atoms with Crippen molar-refractivity contribution in [3.05, 3.63) is 35.5 Å². The van der Waals surface area contributed by atoms with Gasteiger partial charge >= 0.3 is 5.97 Å². The summed E-state index contributed by atoms with van der Waals surface area (Å²) in [5.74, 6) is -0.841. The van der Waals surface area contributed by atoms with Crippen molar-refractivity contribution in [2.24, 2.45) is 0 Å². The van der Waals surface area contributed by atoms with E-state index in [1.807, 2.05) is 12.1 Å². The Morgan fingerprint density at radius 1 is 1.30 bits per heavy atom. The summed E-state index contributed by atoms with van der Waals surface area (Å²) in [6.45, 7) is 6.04. The number of rotatable bonds is 4. The molecule has 0 atom stereocenters. The van der Waals surface area contributed by atoms with Crippen molar-refractivity contribution < 1.29 is 9.90 Å². The largest absolute Gasteiger partial charge is 0.478 e. The van der Waals surface area contributed by atoms with Gasteiger partial charge in [0.15, 0.2) is 0 Å². The molecule has 1 aliphatic rings. The van der Waals surface area contributed by atoms with Gasteiger partial charge in [0.1, 0.15) is 0 Å². The Balaban J connectivity index is 2.11. The van der Waals surface area contributed by atoms with Crippen LogP contribution in [0, 0.1) is 0 Å². The highest BCUT2D eigenvalue weighted by atomic mass is 16.4. The molecule has 1 fully saturated rings. The fraction of sp³-hybridized carbons (Fsp3) is 0.438. The van der Waals surface area contributed by atoms with Gasteiger partial charge in [0, 0.05) is 30.2 Å². The minimum Gasteiger partial charge on any atom is -0.478 e. The van der Waals surface area contributed by atoms with Gasteiger partial charge in [0.2, 0.25) is 0 Å². The summed E-state index contributed by atoms with van der Waals surface area (Å²) in [5, 5.41) is 10.3. The number of hydrogen-bond acceptors (Lipinski definition) is 2. The SMILES string of the molecule is CCn1cc(CN2CCCC2)c2c(C(=O)O)cccc21. The first kappa shape index (κ1) is 13.2. The predicted octanol–water partition coefficient (Wildman–Crippen LogP) is 2.96. The lowest BCUT2D eigenvalue weighted by Crippen LogP contribution is -2.18. The Kier molecular flexibility index (Phi) is 3.49. The van der Waals surface area contributed by atoms with Crippen LogP contribution < -0.4 is 0 Å². The standard InChI is InChI=1S/C16H20N2O2/c1-2-18-11-12(10-17-8-3-4-9-17)15-13(16(19)20)6-5-7-14(15)18/h5-7,11H,2-4,8-10H2,1H3,(H,19,20). The van der Waals surface area contributed by atoms with Crippen molar-refractivity contribution in [3.63, 3.8) is 0 Å². The van der Waals surface area contributed by atoms with Gasteiger partial charge in [-0.05, 0) is 50.6 Å². The quantitative estimate of drug-likeness (QED) is 0.930. The molecule has 1 aliphatic heterocycles. The van der Waals surface area contributed by atoms with E-state index in [1.165, 1.54) is 12.8 Å². The lowest BCUT2D eigenvalue weighted by Gasteiger charge is -2.14. The molecule has 20 heavy (non-hydrogen) atoms. The maximum atomic E-state index is 11.5. The number of carboxylic acids is 1. The molecule has 106 valence electrons. The Hall–Kier alpha value is -1.81. The molecule has 0 aliphatic carbocycles. The summed E-state index contributed by atoms with van der Waals surface area (Å²) in [6, 6.07) is 5.55. The molecule has 0 radical (unpaired) electrons. The Labute approximate surface area is 118 Å². The zero-order valence-electron chi connectivity index (χ0n) is 11.8. The zero-order chi connectivity index (χ0) is 14.1. The number of likely N-dealkylation sites (tertiary alicyclic amines) is 1. The van der Waals surface area contributed by atoms with E-state index in [-0.39, 0.29) is 0 Å². The normalized spacial score (nSPS) is 16.1. The summed E-state index contributed by atoms with van der Waals surface area (Å²) in [7, 11) is 0. The highest BCUT2D eigenvalue weighted by molar-refractivity contribution is 6.04. The molecule has 1 N–H and O–H groups in total. The number of hydrogen-bond donors (Lipinski definition) is 1. The number of fused-ring (bicyclic) bond motifs is 1. The molecule has 1 saturated heterocycles. The van der Waals surface area contributed by atoms with Crippen molar-refractivity contribution in [1.29, 1.82) is 0 Å². The minimum atomic E-state index is -0.841. The molecule has 0 unspecified atom stereocenters. The van der Waals surface area contributed by atoms with E-state index in [1.54, 1.807) is 6.07 Å².